The minimum atomic E-state index is 0.622. The number of hydrogen-bond donors (Lipinski definition) is 1. The van der Waals surface area contributed by atoms with Crippen LogP contribution in [-0.2, 0) is 0 Å². The summed E-state index contributed by atoms with van der Waals surface area (Å²) in [5.41, 5.74) is 0. The van der Waals surface area contributed by atoms with E-state index < -0.39 is 0 Å². The molecule has 86 valence electrons. The van der Waals surface area contributed by atoms with Gasteiger partial charge >= 0.3 is 0 Å². The Hall–Kier alpha value is -1.05. The highest BCUT2D eigenvalue weighted by molar-refractivity contribution is 7.13. The van der Waals surface area contributed by atoms with Crippen molar-refractivity contribution in [2.75, 3.05) is 24.5 Å². The zero-order valence-electron chi connectivity index (χ0n) is 9.57. The first-order valence-electron chi connectivity index (χ1n) is 5.67. The Morgan fingerprint density at radius 2 is 2.38 bits per heavy atom. The van der Waals surface area contributed by atoms with E-state index in [1.165, 1.54) is 12.8 Å². The Morgan fingerprint density at radius 1 is 1.56 bits per heavy atom. The van der Waals surface area contributed by atoms with E-state index in [0.29, 0.717) is 6.04 Å². The smallest absolute Gasteiger partial charge is 0.185 e. The largest absolute Gasteiger partial charge is 0.348 e. The Kier molecular flexibility index (Phi) is 4.20. The zero-order chi connectivity index (χ0) is 11.2. The average molecular weight is 235 g/mol. The zero-order valence-corrected chi connectivity index (χ0v) is 10.4. The fraction of sp³-hybridized carbons (Fsp3) is 0.583. The molecule has 1 saturated heterocycles. The van der Waals surface area contributed by atoms with Crippen molar-refractivity contribution < 1.29 is 0 Å². The summed E-state index contributed by atoms with van der Waals surface area (Å²) in [5.74, 6) is 5.96. The van der Waals surface area contributed by atoms with Gasteiger partial charge in [-0.1, -0.05) is 5.92 Å². The molecule has 0 unspecified atom stereocenters. The number of aromatic nitrogens is 1. The van der Waals surface area contributed by atoms with E-state index >= 15 is 0 Å². The molecular weight excluding hydrogens is 218 g/mol. The van der Waals surface area contributed by atoms with Crippen LogP contribution >= 0.6 is 11.3 Å². The predicted molar refractivity (Wildman–Crippen MR) is 68.8 cm³/mol. The van der Waals surface area contributed by atoms with Gasteiger partial charge in [-0.25, -0.2) is 4.98 Å². The molecule has 3 nitrogen and oxygen atoms in total. The molecule has 1 aliphatic heterocycles. The van der Waals surface area contributed by atoms with E-state index in [1.807, 2.05) is 18.5 Å². The second-order valence-electron chi connectivity index (χ2n) is 3.88. The van der Waals surface area contributed by atoms with Gasteiger partial charge in [-0.15, -0.1) is 17.3 Å². The maximum Gasteiger partial charge on any atom is 0.185 e. The molecule has 0 amide bonds. The van der Waals surface area contributed by atoms with Crippen molar-refractivity contribution in [3.8, 4) is 11.8 Å². The number of nitrogens with one attached hydrogen (secondary N) is 1. The van der Waals surface area contributed by atoms with E-state index in [1.54, 1.807) is 11.3 Å². The number of hydrogen-bond acceptors (Lipinski definition) is 4. The van der Waals surface area contributed by atoms with Gasteiger partial charge in [0, 0.05) is 30.7 Å². The van der Waals surface area contributed by atoms with Gasteiger partial charge in [-0.2, -0.15) is 0 Å². The van der Waals surface area contributed by atoms with Gasteiger partial charge in [0.25, 0.3) is 0 Å². The van der Waals surface area contributed by atoms with E-state index in [-0.39, 0.29) is 0 Å². The third-order valence-electron chi connectivity index (χ3n) is 2.84. The minimum absolute atomic E-state index is 0.622. The Morgan fingerprint density at radius 3 is 3.00 bits per heavy atom. The van der Waals surface area contributed by atoms with Gasteiger partial charge in [-0.3, -0.25) is 0 Å². The van der Waals surface area contributed by atoms with Crippen molar-refractivity contribution in [1.82, 2.24) is 10.3 Å². The Balaban J connectivity index is 1.76. The summed E-state index contributed by atoms with van der Waals surface area (Å²) >= 11 is 1.72. The van der Waals surface area contributed by atoms with Crippen molar-refractivity contribution in [3.05, 3.63) is 11.6 Å². The standard InChI is InChI=1S/C12H17N3S/c1-2-3-6-13-11-4-8-15(9-5-11)12-14-7-10-16-12/h7,10-11,13H,4-6,8-9H2,1H3. The summed E-state index contributed by atoms with van der Waals surface area (Å²) in [4.78, 5) is 6.71. The van der Waals surface area contributed by atoms with Crippen LogP contribution in [0.15, 0.2) is 11.6 Å². The maximum atomic E-state index is 4.34. The monoisotopic (exact) mass is 235 g/mol. The van der Waals surface area contributed by atoms with Gasteiger partial charge in [-0.05, 0) is 19.8 Å². The number of thiazole rings is 1. The van der Waals surface area contributed by atoms with Gasteiger partial charge in [0.15, 0.2) is 5.13 Å². The lowest BCUT2D eigenvalue weighted by Crippen LogP contribution is -2.42. The molecule has 0 aliphatic carbocycles. The molecule has 0 spiro atoms. The average Bonchev–Trinajstić information content (AvgIpc) is 2.84. The Bertz CT molecular complexity index is 355. The second kappa shape index (κ2) is 5.88. The molecule has 0 saturated carbocycles. The first-order valence-corrected chi connectivity index (χ1v) is 6.55. The first kappa shape index (κ1) is 11.4. The Labute approximate surface area is 101 Å². The van der Waals surface area contributed by atoms with Crippen LogP contribution in [0.2, 0.25) is 0 Å². The summed E-state index contributed by atoms with van der Waals surface area (Å²) < 4.78 is 0. The summed E-state index contributed by atoms with van der Waals surface area (Å²) in [7, 11) is 0. The van der Waals surface area contributed by atoms with Crippen LogP contribution < -0.4 is 10.2 Å². The minimum Gasteiger partial charge on any atom is -0.348 e. The molecule has 16 heavy (non-hydrogen) atoms. The third kappa shape index (κ3) is 2.97. The molecule has 0 bridgehead atoms. The number of piperidine rings is 1. The van der Waals surface area contributed by atoms with E-state index in [4.69, 9.17) is 0 Å². The second-order valence-corrected chi connectivity index (χ2v) is 4.76. The highest BCUT2D eigenvalue weighted by atomic mass is 32.1. The van der Waals surface area contributed by atoms with Crippen molar-refractivity contribution in [2.45, 2.75) is 25.8 Å². The molecule has 2 heterocycles. The summed E-state index contributed by atoms with van der Waals surface area (Å²) in [6.07, 6.45) is 4.25. The van der Waals surface area contributed by atoms with Crippen molar-refractivity contribution in [1.29, 1.82) is 0 Å². The van der Waals surface area contributed by atoms with Gasteiger partial charge in [0.2, 0.25) is 0 Å². The lowest BCUT2D eigenvalue weighted by atomic mass is 10.1. The SMILES string of the molecule is CC#CCNC1CCN(c2nccs2)CC1. The molecule has 1 aromatic rings. The summed E-state index contributed by atoms with van der Waals surface area (Å²) in [6, 6.07) is 0.622. The number of anilines is 1. The van der Waals surface area contributed by atoms with Crippen molar-refractivity contribution in [2.24, 2.45) is 0 Å². The first-order chi connectivity index (χ1) is 7.90. The molecule has 0 aromatic carbocycles. The van der Waals surface area contributed by atoms with Crippen LogP contribution in [0.25, 0.3) is 0 Å². The van der Waals surface area contributed by atoms with E-state index in [0.717, 1.165) is 24.8 Å². The van der Waals surface area contributed by atoms with Crippen LogP contribution in [-0.4, -0.2) is 30.7 Å². The highest BCUT2D eigenvalue weighted by Gasteiger charge is 2.19. The molecule has 4 heteroatoms. The molecule has 1 N–H and O–H groups in total. The van der Waals surface area contributed by atoms with Crippen LogP contribution in [0.4, 0.5) is 5.13 Å². The molecule has 1 aromatic heterocycles. The van der Waals surface area contributed by atoms with Crippen LogP contribution in [0.5, 0.6) is 0 Å². The number of rotatable bonds is 3. The van der Waals surface area contributed by atoms with Gasteiger partial charge in [0.1, 0.15) is 0 Å². The topological polar surface area (TPSA) is 28.2 Å². The normalized spacial score (nSPS) is 16.9. The predicted octanol–water partition coefficient (Wildman–Crippen LogP) is 1.72. The van der Waals surface area contributed by atoms with Gasteiger partial charge < -0.3 is 10.2 Å². The quantitative estimate of drug-likeness (QED) is 0.809. The van der Waals surface area contributed by atoms with Crippen LogP contribution in [0.3, 0.4) is 0 Å². The summed E-state index contributed by atoms with van der Waals surface area (Å²) in [6.45, 7) is 4.90. The third-order valence-corrected chi connectivity index (χ3v) is 3.67. The van der Waals surface area contributed by atoms with E-state index in [9.17, 15) is 0 Å². The molecule has 0 radical (unpaired) electrons. The van der Waals surface area contributed by atoms with Crippen molar-refractivity contribution in [3.63, 3.8) is 0 Å². The maximum absolute atomic E-state index is 4.34. The van der Waals surface area contributed by atoms with Crippen LogP contribution in [0, 0.1) is 11.8 Å². The van der Waals surface area contributed by atoms with Crippen LogP contribution in [0.1, 0.15) is 19.8 Å². The fourth-order valence-electron chi connectivity index (χ4n) is 1.93. The molecular formula is C12H17N3S. The molecule has 1 aliphatic rings. The fourth-order valence-corrected chi connectivity index (χ4v) is 2.63. The molecule has 2 rings (SSSR count). The molecule has 0 atom stereocenters. The van der Waals surface area contributed by atoms with Gasteiger partial charge in [0.05, 0.1) is 6.54 Å². The highest BCUT2D eigenvalue weighted by Crippen LogP contribution is 2.21. The summed E-state index contributed by atoms with van der Waals surface area (Å²) in [5, 5.41) is 6.67. The van der Waals surface area contributed by atoms with Crippen molar-refractivity contribution >= 4 is 16.5 Å². The number of nitrogens with zero attached hydrogens (tertiary/aromatic N) is 2. The lowest BCUT2D eigenvalue weighted by molar-refractivity contribution is 0.432. The molecule has 1 fully saturated rings. The van der Waals surface area contributed by atoms with E-state index in [2.05, 4.69) is 27.0 Å². The lowest BCUT2D eigenvalue weighted by Gasteiger charge is -2.31.